The predicted molar refractivity (Wildman–Crippen MR) is 148 cm³/mol. The van der Waals surface area contributed by atoms with Crippen LogP contribution in [0.1, 0.15) is 43.5 Å². The molecule has 0 amide bonds. The van der Waals surface area contributed by atoms with Gasteiger partial charge >= 0.3 is 0 Å². The van der Waals surface area contributed by atoms with Crippen molar-refractivity contribution in [2.24, 2.45) is 0 Å². The lowest BCUT2D eigenvalue weighted by molar-refractivity contribution is -0.318. The standard InChI is InChI=1S/C29H40O15/c1-4-5-18(39-3)15(30)7-6-13-8-16(31)21-17(32)9-14(10-19(21)42-13)43-29-27(38)25(36)23(34)20(44-29)11-40-28-26(37)24(35)22(33)12(2)41-28/h5,7,9-10,12-13,20,22-30,32-38H,4,6,8,11H2,1-3H3/b15-7+,18-5+/t12-,13?,20?,22-,23+,24?,25?,26-,27-,28+,29+/m0/s1. The molecule has 44 heavy (non-hydrogen) atoms. The summed E-state index contributed by atoms with van der Waals surface area (Å²) in [5.74, 6) is -0.839. The Morgan fingerprint density at radius 2 is 1.64 bits per heavy atom. The number of ether oxygens (including phenoxy) is 6. The van der Waals surface area contributed by atoms with Crippen LogP contribution in [0.5, 0.6) is 17.2 Å². The van der Waals surface area contributed by atoms with E-state index in [1.54, 1.807) is 6.08 Å². The number of allylic oxidation sites excluding steroid dienone is 1. The van der Waals surface area contributed by atoms with Gasteiger partial charge in [-0.1, -0.05) is 6.92 Å². The van der Waals surface area contributed by atoms with E-state index in [4.69, 9.17) is 28.4 Å². The second-order valence-electron chi connectivity index (χ2n) is 10.8. The maximum Gasteiger partial charge on any atom is 0.229 e. The van der Waals surface area contributed by atoms with Crippen molar-refractivity contribution in [3.05, 3.63) is 41.4 Å². The Kier molecular flexibility index (Phi) is 11.1. The van der Waals surface area contributed by atoms with Gasteiger partial charge in [-0.25, -0.2) is 0 Å². The monoisotopic (exact) mass is 628 g/mol. The molecule has 4 unspecified atom stereocenters. The number of hydrogen-bond donors (Lipinski definition) is 8. The number of methoxy groups -OCH3 is 1. The van der Waals surface area contributed by atoms with Gasteiger partial charge in [0.2, 0.25) is 6.29 Å². The zero-order valence-corrected chi connectivity index (χ0v) is 24.4. The zero-order chi connectivity index (χ0) is 32.3. The highest BCUT2D eigenvalue weighted by Crippen LogP contribution is 2.40. The third-order valence-corrected chi connectivity index (χ3v) is 7.63. The van der Waals surface area contributed by atoms with Crippen LogP contribution in [-0.2, 0) is 18.9 Å². The molecule has 15 nitrogen and oxygen atoms in total. The van der Waals surface area contributed by atoms with E-state index in [0.29, 0.717) is 6.42 Å². The van der Waals surface area contributed by atoms with Gasteiger partial charge in [0.25, 0.3) is 0 Å². The van der Waals surface area contributed by atoms with Crippen molar-refractivity contribution < 1.29 is 74.1 Å². The predicted octanol–water partition coefficient (Wildman–Crippen LogP) is -0.471. The molecule has 3 heterocycles. The first kappa shape index (κ1) is 33.9. The highest BCUT2D eigenvalue weighted by atomic mass is 16.7. The van der Waals surface area contributed by atoms with Crippen molar-refractivity contribution >= 4 is 5.78 Å². The summed E-state index contributed by atoms with van der Waals surface area (Å²) in [5.41, 5.74) is -0.0790. The summed E-state index contributed by atoms with van der Waals surface area (Å²) < 4.78 is 33.2. The summed E-state index contributed by atoms with van der Waals surface area (Å²) in [6.07, 6.45) is -11.8. The maximum atomic E-state index is 12.8. The van der Waals surface area contributed by atoms with Gasteiger partial charge in [0.05, 0.1) is 19.8 Å². The van der Waals surface area contributed by atoms with Crippen LogP contribution in [0.2, 0.25) is 0 Å². The smallest absolute Gasteiger partial charge is 0.229 e. The minimum Gasteiger partial charge on any atom is -0.507 e. The number of aliphatic hydroxyl groups excluding tert-OH is 7. The largest absolute Gasteiger partial charge is 0.507 e. The quantitative estimate of drug-likeness (QED) is 0.121. The van der Waals surface area contributed by atoms with E-state index in [1.807, 2.05) is 6.92 Å². The molecule has 0 bridgehead atoms. The molecule has 0 aliphatic carbocycles. The van der Waals surface area contributed by atoms with Crippen LogP contribution in [0.4, 0.5) is 0 Å². The summed E-state index contributed by atoms with van der Waals surface area (Å²) in [6.45, 7) is 2.85. The third-order valence-electron chi connectivity index (χ3n) is 7.63. The molecular weight excluding hydrogens is 588 g/mol. The van der Waals surface area contributed by atoms with Gasteiger partial charge in [0.1, 0.15) is 71.6 Å². The summed E-state index contributed by atoms with van der Waals surface area (Å²) in [5, 5.41) is 82.4. The molecule has 1 aromatic carbocycles. The summed E-state index contributed by atoms with van der Waals surface area (Å²) in [4.78, 5) is 12.8. The van der Waals surface area contributed by atoms with E-state index in [1.165, 1.54) is 26.2 Å². The average molecular weight is 629 g/mol. The fraction of sp³-hybridized carbons (Fsp3) is 0.621. The lowest BCUT2D eigenvalue weighted by Crippen LogP contribution is -2.61. The molecule has 246 valence electrons. The highest BCUT2D eigenvalue weighted by Gasteiger charge is 2.47. The number of hydrogen-bond acceptors (Lipinski definition) is 15. The van der Waals surface area contributed by atoms with Crippen molar-refractivity contribution in [3.8, 4) is 17.2 Å². The Bertz CT molecular complexity index is 1220. The molecule has 0 aromatic heterocycles. The van der Waals surface area contributed by atoms with Crippen molar-refractivity contribution in [2.75, 3.05) is 13.7 Å². The van der Waals surface area contributed by atoms with E-state index in [9.17, 15) is 45.6 Å². The SMILES string of the molecule is CC/C=C(OC)\C(O)=C/CC1CC(=O)c2c(O)cc(O[C@@H]3OC(CO[C@@H]4O[C@@H](C)[C@H](O)C(O)[C@@H]4O)[C@@H](O)C(O)[C@@H]3O)cc2O1. The number of fused-ring (bicyclic) bond motifs is 1. The van der Waals surface area contributed by atoms with E-state index >= 15 is 0 Å². The van der Waals surface area contributed by atoms with Crippen molar-refractivity contribution in [1.29, 1.82) is 0 Å². The van der Waals surface area contributed by atoms with Gasteiger partial charge in [-0.3, -0.25) is 4.79 Å². The first-order chi connectivity index (χ1) is 20.9. The second kappa shape index (κ2) is 14.4. The number of carbonyl (C=O) groups is 1. The second-order valence-corrected chi connectivity index (χ2v) is 10.8. The Balaban J connectivity index is 1.45. The third kappa shape index (κ3) is 7.28. The van der Waals surface area contributed by atoms with Gasteiger partial charge < -0.3 is 69.3 Å². The Morgan fingerprint density at radius 3 is 2.32 bits per heavy atom. The van der Waals surface area contributed by atoms with Gasteiger partial charge in [0.15, 0.2) is 23.6 Å². The Morgan fingerprint density at radius 1 is 0.955 bits per heavy atom. The number of Topliss-reactive ketones (excluding diaryl/α,β-unsaturated/α-hetero) is 1. The number of ketones is 1. The van der Waals surface area contributed by atoms with Crippen molar-refractivity contribution in [2.45, 2.75) is 101 Å². The number of aliphatic hydroxyl groups is 7. The minimum absolute atomic E-state index is 0.0192. The Hall–Kier alpha value is -2.99. The first-order valence-corrected chi connectivity index (χ1v) is 14.2. The summed E-state index contributed by atoms with van der Waals surface area (Å²) in [7, 11) is 1.42. The minimum atomic E-state index is -1.77. The van der Waals surface area contributed by atoms with Crippen LogP contribution in [0.3, 0.4) is 0 Å². The normalized spacial score (nSPS) is 36.4. The number of phenolic OH excluding ortho intramolecular Hbond substituents is 1. The molecule has 3 aliphatic heterocycles. The van der Waals surface area contributed by atoms with Crippen LogP contribution in [0, 0.1) is 0 Å². The van der Waals surface area contributed by atoms with E-state index < -0.39 is 85.7 Å². The molecule has 0 saturated carbocycles. The molecule has 0 spiro atoms. The Labute approximate surface area is 253 Å². The van der Waals surface area contributed by atoms with Crippen LogP contribution in [0.25, 0.3) is 0 Å². The fourth-order valence-electron chi connectivity index (χ4n) is 5.13. The van der Waals surface area contributed by atoms with Gasteiger partial charge in [0, 0.05) is 25.0 Å². The highest BCUT2D eigenvalue weighted by molar-refractivity contribution is 6.02. The number of carbonyl (C=O) groups excluding carboxylic acids is 1. The van der Waals surface area contributed by atoms with Gasteiger partial charge in [-0.2, -0.15) is 0 Å². The lowest BCUT2D eigenvalue weighted by Gasteiger charge is -2.42. The summed E-state index contributed by atoms with van der Waals surface area (Å²) in [6, 6.07) is 2.39. The molecule has 3 aliphatic rings. The first-order valence-electron chi connectivity index (χ1n) is 14.2. The lowest BCUT2D eigenvalue weighted by atomic mass is 9.97. The topological polar surface area (TPSA) is 234 Å². The molecule has 1 aromatic rings. The maximum absolute atomic E-state index is 12.8. The van der Waals surface area contributed by atoms with Crippen LogP contribution in [-0.4, -0.2) is 128 Å². The molecule has 11 atom stereocenters. The van der Waals surface area contributed by atoms with Crippen LogP contribution >= 0.6 is 0 Å². The molecule has 4 rings (SSSR count). The van der Waals surface area contributed by atoms with Crippen LogP contribution < -0.4 is 9.47 Å². The van der Waals surface area contributed by atoms with Gasteiger partial charge in [-0.15, -0.1) is 0 Å². The fourth-order valence-corrected chi connectivity index (χ4v) is 5.13. The zero-order valence-electron chi connectivity index (χ0n) is 24.4. The van der Waals surface area contributed by atoms with Crippen molar-refractivity contribution in [3.63, 3.8) is 0 Å². The molecule has 2 saturated heterocycles. The molecule has 8 N–H and O–H groups in total. The van der Waals surface area contributed by atoms with E-state index in [-0.39, 0.29) is 41.4 Å². The molecule has 2 fully saturated rings. The average Bonchev–Trinajstić information content (AvgIpc) is 2.99. The number of rotatable bonds is 10. The van der Waals surface area contributed by atoms with E-state index in [2.05, 4.69) is 0 Å². The van der Waals surface area contributed by atoms with Crippen LogP contribution in [0.15, 0.2) is 35.8 Å². The summed E-state index contributed by atoms with van der Waals surface area (Å²) >= 11 is 0. The van der Waals surface area contributed by atoms with Crippen molar-refractivity contribution in [1.82, 2.24) is 0 Å². The number of benzene rings is 1. The van der Waals surface area contributed by atoms with E-state index in [0.717, 1.165) is 6.07 Å². The van der Waals surface area contributed by atoms with Gasteiger partial charge in [-0.05, 0) is 25.5 Å². The number of aromatic hydroxyl groups is 1. The molecule has 15 heteroatoms. The molecule has 0 radical (unpaired) electrons. The molecular formula is C29H40O15. The number of phenols is 1.